The number of benzene rings is 3. The van der Waals surface area contributed by atoms with Gasteiger partial charge in [0.1, 0.15) is 5.75 Å². The zero-order valence-electron chi connectivity index (χ0n) is 14.2. The van der Waals surface area contributed by atoms with Gasteiger partial charge in [-0.2, -0.15) is 0 Å². The molecule has 0 fully saturated rings. The normalized spacial score (nSPS) is 10.7. The number of phenolic OH excluding ortho intramolecular Hbond substituents is 1. The summed E-state index contributed by atoms with van der Waals surface area (Å²) in [6, 6.07) is 21.8. The predicted octanol–water partition coefficient (Wildman–Crippen LogP) is 5.34. The fourth-order valence-corrected chi connectivity index (χ4v) is 3.86. The number of hydrogen-bond acceptors (Lipinski definition) is 4. The number of rotatable bonds is 7. The Morgan fingerprint density at radius 3 is 2.42 bits per heavy atom. The second kappa shape index (κ2) is 8.99. The average molecular weight is 386 g/mol. The Morgan fingerprint density at radius 2 is 1.65 bits per heavy atom. The fourth-order valence-electron chi connectivity index (χ4n) is 2.66. The van der Waals surface area contributed by atoms with Crippen LogP contribution in [0.25, 0.3) is 0 Å². The molecule has 0 radical (unpaired) electrons. The summed E-state index contributed by atoms with van der Waals surface area (Å²) in [5, 5.41) is 23.3. The monoisotopic (exact) mass is 385 g/mol. The molecule has 3 nitrogen and oxygen atoms in total. The lowest BCUT2D eigenvalue weighted by Gasteiger charge is -2.14. The summed E-state index contributed by atoms with van der Waals surface area (Å²) < 4.78 is 0. The van der Waals surface area contributed by atoms with E-state index >= 15 is 0 Å². The smallest absolute Gasteiger partial charge is 0.142 e. The molecule has 3 rings (SSSR count). The number of hydrogen-bond donors (Lipinski definition) is 3. The summed E-state index contributed by atoms with van der Waals surface area (Å²) in [5.41, 5.74) is 2.33. The molecule has 0 heterocycles. The van der Waals surface area contributed by atoms with Crippen LogP contribution in [0.15, 0.2) is 76.5 Å². The van der Waals surface area contributed by atoms with E-state index in [0.29, 0.717) is 29.2 Å². The molecule has 0 saturated carbocycles. The summed E-state index contributed by atoms with van der Waals surface area (Å²) in [6.45, 7) is 0.520. The van der Waals surface area contributed by atoms with Crippen LogP contribution in [0.2, 0.25) is 5.02 Å². The second-order valence-electron chi connectivity index (χ2n) is 5.81. The topological polar surface area (TPSA) is 52.5 Å². The number of nitrogens with one attached hydrogen (secondary N) is 1. The number of anilines is 1. The maximum absolute atomic E-state index is 10.4. The molecule has 0 unspecified atom stereocenters. The van der Waals surface area contributed by atoms with E-state index in [0.717, 1.165) is 10.5 Å². The first-order chi connectivity index (χ1) is 12.7. The van der Waals surface area contributed by atoms with E-state index in [1.54, 1.807) is 23.9 Å². The van der Waals surface area contributed by atoms with Crippen molar-refractivity contribution in [2.24, 2.45) is 0 Å². The molecule has 5 heteroatoms. The van der Waals surface area contributed by atoms with Crippen molar-refractivity contribution in [3.05, 3.63) is 82.9 Å². The SMILES string of the molecule is OCCc1cc(Cl)cc(NCc2ccccc2Sc2ccccc2)c1O. The summed E-state index contributed by atoms with van der Waals surface area (Å²) in [4.78, 5) is 2.33. The lowest BCUT2D eigenvalue weighted by molar-refractivity contribution is 0.297. The Morgan fingerprint density at radius 1 is 0.923 bits per heavy atom. The molecule has 0 atom stereocenters. The molecular formula is C21H20ClNO2S. The van der Waals surface area contributed by atoms with Crippen molar-refractivity contribution in [1.82, 2.24) is 0 Å². The van der Waals surface area contributed by atoms with E-state index < -0.39 is 0 Å². The maximum Gasteiger partial charge on any atom is 0.142 e. The molecule has 3 N–H and O–H groups in total. The lowest BCUT2D eigenvalue weighted by atomic mass is 10.1. The Bertz CT molecular complexity index is 871. The van der Waals surface area contributed by atoms with Gasteiger partial charge in [0.25, 0.3) is 0 Å². The molecule has 0 amide bonds. The van der Waals surface area contributed by atoms with Crippen LogP contribution in [-0.2, 0) is 13.0 Å². The standard InChI is InChI=1S/C21H20ClNO2S/c22-17-12-15(10-11-24)21(25)19(13-17)23-14-16-6-4-5-9-20(16)26-18-7-2-1-3-8-18/h1-9,12-13,23-25H,10-11,14H2. The highest BCUT2D eigenvalue weighted by Crippen LogP contribution is 2.34. The highest BCUT2D eigenvalue weighted by molar-refractivity contribution is 7.99. The Labute approximate surface area is 162 Å². The molecule has 0 aliphatic heterocycles. The van der Waals surface area contributed by atoms with Gasteiger partial charge in [0.15, 0.2) is 0 Å². The van der Waals surface area contributed by atoms with Gasteiger partial charge in [0, 0.05) is 28.0 Å². The first kappa shape index (κ1) is 18.6. The Hall–Kier alpha value is -2.14. The summed E-state index contributed by atoms with van der Waals surface area (Å²) in [5.74, 6) is 0.136. The van der Waals surface area contributed by atoms with Crippen LogP contribution in [0.4, 0.5) is 5.69 Å². The molecule has 0 aliphatic rings. The van der Waals surface area contributed by atoms with Gasteiger partial charge < -0.3 is 15.5 Å². The molecule has 3 aromatic rings. The fraction of sp³-hybridized carbons (Fsp3) is 0.143. The summed E-state index contributed by atoms with van der Waals surface area (Å²) in [7, 11) is 0. The molecule has 0 spiro atoms. The van der Waals surface area contributed by atoms with E-state index in [2.05, 4.69) is 29.6 Å². The van der Waals surface area contributed by atoms with Gasteiger partial charge in [0.2, 0.25) is 0 Å². The van der Waals surface area contributed by atoms with E-state index in [1.807, 2.05) is 30.3 Å². The molecule has 0 bridgehead atoms. The molecular weight excluding hydrogens is 366 g/mol. The lowest BCUT2D eigenvalue weighted by Crippen LogP contribution is -2.03. The van der Waals surface area contributed by atoms with E-state index in [9.17, 15) is 5.11 Å². The summed E-state index contributed by atoms with van der Waals surface area (Å²) in [6.07, 6.45) is 0.363. The zero-order chi connectivity index (χ0) is 18.4. The first-order valence-electron chi connectivity index (χ1n) is 8.34. The molecule has 3 aromatic carbocycles. The summed E-state index contributed by atoms with van der Waals surface area (Å²) >= 11 is 7.85. The third-order valence-corrected chi connectivity index (χ3v) is 5.29. The van der Waals surface area contributed by atoms with Crippen molar-refractivity contribution in [1.29, 1.82) is 0 Å². The van der Waals surface area contributed by atoms with Crippen molar-refractivity contribution in [2.45, 2.75) is 22.8 Å². The van der Waals surface area contributed by atoms with Crippen molar-refractivity contribution in [2.75, 3.05) is 11.9 Å². The van der Waals surface area contributed by atoms with E-state index in [1.165, 1.54) is 4.90 Å². The minimum Gasteiger partial charge on any atom is -0.505 e. The van der Waals surface area contributed by atoms with Crippen molar-refractivity contribution in [3.8, 4) is 5.75 Å². The van der Waals surface area contributed by atoms with Crippen molar-refractivity contribution < 1.29 is 10.2 Å². The minimum absolute atomic E-state index is 0.0378. The van der Waals surface area contributed by atoms with Crippen molar-refractivity contribution in [3.63, 3.8) is 0 Å². The van der Waals surface area contributed by atoms with Crippen LogP contribution in [0.1, 0.15) is 11.1 Å². The molecule has 134 valence electrons. The van der Waals surface area contributed by atoms with Crippen LogP contribution < -0.4 is 5.32 Å². The molecule has 0 aliphatic carbocycles. The van der Waals surface area contributed by atoms with Crippen LogP contribution in [-0.4, -0.2) is 16.8 Å². The second-order valence-corrected chi connectivity index (χ2v) is 7.36. The van der Waals surface area contributed by atoms with Gasteiger partial charge in [-0.05, 0) is 47.9 Å². The molecule has 26 heavy (non-hydrogen) atoms. The number of aliphatic hydroxyl groups excluding tert-OH is 1. The Kier molecular flexibility index (Phi) is 6.45. The number of aromatic hydroxyl groups is 1. The number of aliphatic hydroxyl groups is 1. The van der Waals surface area contributed by atoms with Gasteiger partial charge in [-0.1, -0.05) is 59.8 Å². The third kappa shape index (κ3) is 4.73. The minimum atomic E-state index is -0.0378. The average Bonchev–Trinajstić information content (AvgIpc) is 2.65. The Balaban J connectivity index is 1.78. The number of halogens is 1. The third-order valence-electron chi connectivity index (χ3n) is 3.95. The van der Waals surface area contributed by atoms with Gasteiger partial charge in [-0.3, -0.25) is 0 Å². The van der Waals surface area contributed by atoms with E-state index in [4.69, 9.17) is 16.7 Å². The highest BCUT2D eigenvalue weighted by Gasteiger charge is 2.10. The van der Waals surface area contributed by atoms with Crippen LogP contribution in [0.5, 0.6) is 5.75 Å². The first-order valence-corrected chi connectivity index (χ1v) is 9.53. The van der Waals surface area contributed by atoms with Gasteiger partial charge in [-0.25, -0.2) is 0 Å². The van der Waals surface area contributed by atoms with Crippen LogP contribution >= 0.6 is 23.4 Å². The quantitative estimate of drug-likeness (QED) is 0.480. The van der Waals surface area contributed by atoms with Gasteiger partial charge >= 0.3 is 0 Å². The largest absolute Gasteiger partial charge is 0.505 e. The number of phenols is 1. The maximum atomic E-state index is 10.4. The zero-order valence-corrected chi connectivity index (χ0v) is 15.7. The molecule has 0 aromatic heterocycles. The van der Waals surface area contributed by atoms with Crippen LogP contribution in [0, 0.1) is 0 Å². The van der Waals surface area contributed by atoms with Crippen LogP contribution in [0.3, 0.4) is 0 Å². The van der Waals surface area contributed by atoms with Gasteiger partial charge in [-0.15, -0.1) is 0 Å². The molecule has 0 saturated heterocycles. The van der Waals surface area contributed by atoms with Crippen molar-refractivity contribution >= 4 is 29.1 Å². The predicted molar refractivity (Wildman–Crippen MR) is 108 cm³/mol. The van der Waals surface area contributed by atoms with Gasteiger partial charge in [0.05, 0.1) is 5.69 Å². The van der Waals surface area contributed by atoms with E-state index in [-0.39, 0.29) is 12.4 Å². The highest BCUT2D eigenvalue weighted by atomic mass is 35.5.